The maximum absolute atomic E-state index is 12.0. The van der Waals surface area contributed by atoms with Crippen LogP contribution in [0.5, 0.6) is 0 Å². The molecule has 1 amide bonds. The van der Waals surface area contributed by atoms with E-state index in [0.717, 1.165) is 6.42 Å². The fourth-order valence-electron chi connectivity index (χ4n) is 1.26. The number of hydrogen-bond acceptors (Lipinski definition) is 3. The third kappa shape index (κ3) is 2.46. The SMILES string of the molecule is CCC(C)N(C)C(=O)c1cccnc1N. The quantitative estimate of drug-likeness (QED) is 0.817. The van der Waals surface area contributed by atoms with Crippen LogP contribution in [0.3, 0.4) is 0 Å². The lowest BCUT2D eigenvalue weighted by Gasteiger charge is -2.24. The van der Waals surface area contributed by atoms with Crippen LogP contribution in [-0.4, -0.2) is 28.9 Å². The molecule has 0 saturated carbocycles. The summed E-state index contributed by atoms with van der Waals surface area (Å²) in [6.45, 7) is 4.05. The standard InChI is InChI=1S/C11H17N3O/c1-4-8(2)14(3)11(15)9-6-5-7-13-10(9)12/h5-8H,4H2,1-3H3,(H2,12,13). The summed E-state index contributed by atoms with van der Waals surface area (Å²) >= 11 is 0. The average Bonchev–Trinajstić information content (AvgIpc) is 2.26. The number of anilines is 1. The fraction of sp³-hybridized carbons (Fsp3) is 0.455. The molecule has 0 aliphatic rings. The minimum atomic E-state index is -0.0741. The molecule has 82 valence electrons. The second-order valence-electron chi connectivity index (χ2n) is 3.61. The van der Waals surface area contributed by atoms with Gasteiger partial charge in [-0.1, -0.05) is 6.92 Å². The minimum Gasteiger partial charge on any atom is -0.383 e. The van der Waals surface area contributed by atoms with Crippen molar-refractivity contribution in [3.8, 4) is 0 Å². The van der Waals surface area contributed by atoms with Crippen LogP contribution in [-0.2, 0) is 0 Å². The van der Waals surface area contributed by atoms with Gasteiger partial charge in [-0.15, -0.1) is 0 Å². The van der Waals surface area contributed by atoms with Gasteiger partial charge in [-0.25, -0.2) is 4.98 Å². The summed E-state index contributed by atoms with van der Waals surface area (Å²) in [5.74, 6) is 0.215. The van der Waals surface area contributed by atoms with Crippen LogP contribution in [0, 0.1) is 0 Å². The van der Waals surface area contributed by atoms with E-state index in [1.165, 1.54) is 0 Å². The highest BCUT2D eigenvalue weighted by Gasteiger charge is 2.18. The Labute approximate surface area is 90.1 Å². The first-order valence-corrected chi connectivity index (χ1v) is 5.05. The predicted molar refractivity (Wildman–Crippen MR) is 60.5 cm³/mol. The van der Waals surface area contributed by atoms with E-state index in [0.29, 0.717) is 5.56 Å². The first-order chi connectivity index (χ1) is 7.07. The molecule has 0 saturated heterocycles. The van der Waals surface area contributed by atoms with E-state index in [1.807, 2.05) is 13.8 Å². The summed E-state index contributed by atoms with van der Waals surface area (Å²) in [6, 6.07) is 3.62. The van der Waals surface area contributed by atoms with Crippen molar-refractivity contribution in [1.82, 2.24) is 9.88 Å². The molecule has 0 fully saturated rings. The summed E-state index contributed by atoms with van der Waals surface area (Å²) in [6.07, 6.45) is 2.50. The van der Waals surface area contributed by atoms with Crippen LogP contribution < -0.4 is 5.73 Å². The Morgan fingerprint density at radius 3 is 2.87 bits per heavy atom. The molecule has 1 heterocycles. The highest BCUT2D eigenvalue weighted by Crippen LogP contribution is 2.12. The van der Waals surface area contributed by atoms with Gasteiger partial charge in [-0.3, -0.25) is 4.79 Å². The van der Waals surface area contributed by atoms with Crippen molar-refractivity contribution in [3.05, 3.63) is 23.9 Å². The predicted octanol–water partition coefficient (Wildman–Crippen LogP) is 1.53. The lowest BCUT2D eigenvalue weighted by molar-refractivity contribution is 0.0741. The molecule has 1 unspecified atom stereocenters. The molecule has 0 radical (unpaired) electrons. The number of pyridine rings is 1. The molecule has 1 atom stereocenters. The average molecular weight is 207 g/mol. The van der Waals surface area contributed by atoms with E-state index >= 15 is 0 Å². The number of carbonyl (C=O) groups excluding carboxylic acids is 1. The Hall–Kier alpha value is -1.58. The lowest BCUT2D eigenvalue weighted by Crippen LogP contribution is -2.35. The molecule has 4 nitrogen and oxygen atoms in total. The van der Waals surface area contributed by atoms with Crippen LogP contribution in [0.25, 0.3) is 0 Å². The fourth-order valence-corrected chi connectivity index (χ4v) is 1.26. The van der Waals surface area contributed by atoms with Crippen LogP contribution in [0.4, 0.5) is 5.82 Å². The molecule has 0 aliphatic carbocycles. The lowest BCUT2D eigenvalue weighted by atomic mass is 10.2. The van der Waals surface area contributed by atoms with E-state index in [-0.39, 0.29) is 17.8 Å². The van der Waals surface area contributed by atoms with Gasteiger partial charge in [0.15, 0.2) is 0 Å². The number of nitrogens with two attached hydrogens (primary N) is 1. The van der Waals surface area contributed by atoms with Crippen LogP contribution in [0.1, 0.15) is 30.6 Å². The molecule has 15 heavy (non-hydrogen) atoms. The zero-order valence-corrected chi connectivity index (χ0v) is 9.40. The first-order valence-electron chi connectivity index (χ1n) is 5.05. The number of aromatic nitrogens is 1. The van der Waals surface area contributed by atoms with Gasteiger partial charge in [-0.05, 0) is 25.5 Å². The second-order valence-corrected chi connectivity index (χ2v) is 3.61. The number of carbonyl (C=O) groups is 1. The summed E-state index contributed by atoms with van der Waals surface area (Å²) < 4.78 is 0. The van der Waals surface area contributed by atoms with E-state index in [9.17, 15) is 4.79 Å². The van der Waals surface area contributed by atoms with Crippen molar-refractivity contribution in [1.29, 1.82) is 0 Å². The van der Waals surface area contributed by atoms with Crippen molar-refractivity contribution < 1.29 is 4.79 Å². The molecule has 4 heteroatoms. The van der Waals surface area contributed by atoms with E-state index in [1.54, 1.807) is 30.3 Å². The van der Waals surface area contributed by atoms with Crippen LogP contribution >= 0.6 is 0 Å². The van der Waals surface area contributed by atoms with Gasteiger partial charge >= 0.3 is 0 Å². The summed E-state index contributed by atoms with van der Waals surface area (Å²) in [5.41, 5.74) is 6.11. The Balaban J connectivity index is 2.90. The third-order valence-corrected chi connectivity index (χ3v) is 2.64. The molecule has 1 aromatic rings. The largest absolute Gasteiger partial charge is 0.383 e. The minimum absolute atomic E-state index is 0.0741. The first kappa shape index (κ1) is 11.5. The summed E-state index contributed by atoms with van der Waals surface area (Å²) in [7, 11) is 1.78. The maximum Gasteiger partial charge on any atom is 0.257 e. The molecule has 1 rings (SSSR count). The molecule has 0 aliphatic heterocycles. The Morgan fingerprint density at radius 2 is 2.33 bits per heavy atom. The van der Waals surface area contributed by atoms with E-state index in [2.05, 4.69) is 4.98 Å². The molecule has 0 spiro atoms. The van der Waals surface area contributed by atoms with Crippen LogP contribution in [0.15, 0.2) is 18.3 Å². The Kier molecular flexibility index (Phi) is 3.66. The van der Waals surface area contributed by atoms with Gasteiger partial charge < -0.3 is 10.6 Å². The summed E-state index contributed by atoms with van der Waals surface area (Å²) in [4.78, 5) is 17.6. The van der Waals surface area contributed by atoms with E-state index < -0.39 is 0 Å². The molecule has 2 N–H and O–H groups in total. The number of hydrogen-bond donors (Lipinski definition) is 1. The Bertz CT molecular complexity index is 351. The number of rotatable bonds is 3. The van der Waals surface area contributed by atoms with Crippen molar-refractivity contribution in [2.24, 2.45) is 0 Å². The molecule has 0 aromatic carbocycles. The maximum atomic E-state index is 12.0. The van der Waals surface area contributed by atoms with Gasteiger partial charge in [0.05, 0.1) is 5.56 Å². The molecule has 1 aromatic heterocycles. The molecule has 0 bridgehead atoms. The smallest absolute Gasteiger partial charge is 0.257 e. The highest BCUT2D eigenvalue weighted by molar-refractivity contribution is 5.98. The van der Waals surface area contributed by atoms with Crippen molar-refractivity contribution in [3.63, 3.8) is 0 Å². The Morgan fingerprint density at radius 1 is 1.67 bits per heavy atom. The highest BCUT2D eigenvalue weighted by atomic mass is 16.2. The third-order valence-electron chi connectivity index (χ3n) is 2.64. The van der Waals surface area contributed by atoms with Gasteiger partial charge in [0.1, 0.15) is 5.82 Å². The van der Waals surface area contributed by atoms with Gasteiger partial charge in [0, 0.05) is 19.3 Å². The number of amides is 1. The second kappa shape index (κ2) is 4.77. The van der Waals surface area contributed by atoms with Crippen molar-refractivity contribution in [2.75, 3.05) is 12.8 Å². The zero-order valence-electron chi connectivity index (χ0n) is 9.40. The van der Waals surface area contributed by atoms with Crippen molar-refractivity contribution >= 4 is 11.7 Å². The van der Waals surface area contributed by atoms with Gasteiger partial charge in [-0.2, -0.15) is 0 Å². The van der Waals surface area contributed by atoms with E-state index in [4.69, 9.17) is 5.73 Å². The normalized spacial score (nSPS) is 12.2. The van der Waals surface area contributed by atoms with Gasteiger partial charge in [0.2, 0.25) is 0 Å². The number of nitrogen functional groups attached to an aromatic ring is 1. The molecular formula is C11H17N3O. The van der Waals surface area contributed by atoms with Gasteiger partial charge in [0.25, 0.3) is 5.91 Å². The van der Waals surface area contributed by atoms with Crippen molar-refractivity contribution in [2.45, 2.75) is 26.3 Å². The zero-order chi connectivity index (χ0) is 11.4. The summed E-state index contributed by atoms with van der Waals surface area (Å²) in [5, 5.41) is 0. The topological polar surface area (TPSA) is 59.2 Å². The molecular weight excluding hydrogens is 190 g/mol. The number of nitrogens with zero attached hydrogens (tertiary/aromatic N) is 2. The van der Waals surface area contributed by atoms with Crippen LogP contribution in [0.2, 0.25) is 0 Å². The monoisotopic (exact) mass is 207 g/mol.